The summed E-state index contributed by atoms with van der Waals surface area (Å²) in [6.45, 7) is 4.00. The first kappa shape index (κ1) is 19.3. The number of para-hydroxylation sites is 1. The summed E-state index contributed by atoms with van der Waals surface area (Å²) in [6.07, 6.45) is 0. The maximum absolute atomic E-state index is 13.6. The van der Waals surface area contributed by atoms with Crippen LogP contribution in [0.4, 0.5) is 5.69 Å². The standard InChI is InChI=1S/C26H22N2O3/c1-17-9-8-12-20(15-17)26(30)21-13-6-7-14-23(21)28(25(26)29)16-22-18(2)31-24(27-22)19-10-4-3-5-11-19/h3-15,30H,16H2,1-2H3. The van der Waals surface area contributed by atoms with Gasteiger partial charge in [0, 0.05) is 11.1 Å². The van der Waals surface area contributed by atoms with E-state index in [-0.39, 0.29) is 12.5 Å². The third kappa shape index (κ3) is 3.05. The fourth-order valence-electron chi connectivity index (χ4n) is 4.17. The molecule has 3 aromatic carbocycles. The first-order chi connectivity index (χ1) is 15.0. The number of rotatable bonds is 4. The van der Waals surface area contributed by atoms with Crippen molar-refractivity contribution in [1.29, 1.82) is 0 Å². The Labute approximate surface area is 180 Å². The van der Waals surface area contributed by atoms with E-state index < -0.39 is 5.60 Å². The number of aromatic nitrogens is 1. The fourth-order valence-corrected chi connectivity index (χ4v) is 4.17. The van der Waals surface area contributed by atoms with E-state index in [1.165, 1.54) is 0 Å². The van der Waals surface area contributed by atoms with Crippen molar-refractivity contribution in [2.45, 2.75) is 26.0 Å². The molecular weight excluding hydrogens is 388 g/mol. The Morgan fingerprint density at radius 3 is 2.48 bits per heavy atom. The summed E-state index contributed by atoms with van der Waals surface area (Å²) >= 11 is 0. The van der Waals surface area contributed by atoms with Crippen molar-refractivity contribution in [2.75, 3.05) is 4.90 Å². The van der Waals surface area contributed by atoms with Crippen molar-refractivity contribution in [3.8, 4) is 11.5 Å². The predicted octanol–water partition coefficient (Wildman–Crippen LogP) is 4.74. The van der Waals surface area contributed by atoms with Gasteiger partial charge in [0.05, 0.1) is 12.2 Å². The van der Waals surface area contributed by atoms with E-state index in [1.807, 2.05) is 80.6 Å². The first-order valence-electron chi connectivity index (χ1n) is 10.2. The second-order valence-corrected chi connectivity index (χ2v) is 7.88. The Kier molecular flexibility index (Phi) is 4.49. The van der Waals surface area contributed by atoms with Gasteiger partial charge >= 0.3 is 0 Å². The van der Waals surface area contributed by atoms with Gasteiger partial charge in [0.15, 0.2) is 5.60 Å². The SMILES string of the molecule is Cc1cccc(C2(O)C(=O)N(Cc3nc(-c4ccccc4)oc3C)c3ccccc32)c1. The molecule has 1 aliphatic rings. The van der Waals surface area contributed by atoms with Gasteiger partial charge in [-0.1, -0.05) is 66.2 Å². The van der Waals surface area contributed by atoms with Crippen molar-refractivity contribution in [3.63, 3.8) is 0 Å². The maximum atomic E-state index is 13.6. The average Bonchev–Trinajstić information content (AvgIpc) is 3.26. The van der Waals surface area contributed by atoms with Gasteiger partial charge in [-0.05, 0) is 37.6 Å². The number of carbonyl (C=O) groups is 1. The van der Waals surface area contributed by atoms with Crippen LogP contribution in [-0.4, -0.2) is 16.0 Å². The van der Waals surface area contributed by atoms with E-state index in [0.29, 0.717) is 34.2 Å². The van der Waals surface area contributed by atoms with Crippen LogP contribution in [0.15, 0.2) is 83.3 Å². The number of nitrogens with zero attached hydrogens (tertiary/aromatic N) is 2. The van der Waals surface area contributed by atoms with E-state index >= 15 is 0 Å². The Morgan fingerprint density at radius 1 is 0.968 bits per heavy atom. The van der Waals surface area contributed by atoms with E-state index in [1.54, 1.807) is 17.0 Å². The molecule has 0 spiro atoms. The number of amides is 1. The lowest BCUT2D eigenvalue weighted by molar-refractivity contribution is -0.132. The molecule has 0 radical (unpaired) electrons. The highest BCUT2D eigenvalue weighted by Gasteiger charge is 2.51. The highest BCUT2D eigenvalue weighted by Crippen LogP contribution is 2.45. The summed E-state index contributed by atoms with van der Waals surface area (Å²) in [5.74, 6) is 0.778. The van der Waals surface area contributed by atoms with Crippen LogP contribution in [-0.2, 0) is 16.9 Å². The van der Waals surface area contributed by atoms with Crippen LogP contribution >= 0.6 is 0 Å². The molecule has 1 aliphatic heterocycles. The van der Waals surface area contributed by atoms with E-state index in [9.17, 15) is 9.90 Å². The highest BCUT2D eigenvalue weighted by atomic mass is 16.4. The van der Waals surface area contributed by atoms with Crippen LogP contribution in [0, 0.1) is 13.8 Å². The summed E-state index contributed by atoms with van der Waals surface area (Å²) in [5.41, 5.74) is 2.61. The van der Waals surface area contributed by atoms with E-state index in [0.717, 1.165) is 11.1 Å². The van der Waals surface area contributed by atoms with Gasteiger partial charge in [-0.3, -0.25) is 4.79 Å². The Hall–Kier alpha value is -3.70. The number of fused-ring (bicyclic) bond motifs is 1. The zero-order valence-corrected chi connectivity index (χ0v) is 17.4. The Balaban J connectivity index is 1.56. The number of hydrogen-bond acceptors (Lipinski definition) is 4. The number of aryl methyl sites for hydroxylation is 2. The van der Waals surface area contributed by atoms with Crippen LogP contribution in [0.2, 0.25) is 0 Å². The maximum Gasteiger partial charge on any atom is 0.268 e. The Bertz CT molecular complexity index is 1280. The molecule has 0 aliphatic carbocycles. The zero-order chi connectivity index (χ0) is 21.6. The van der Waals surface area contributed by atoms with Crippen molar-refractivity contribution in [2.24, 2.45) is 0 Å². The largest absolute Gasteiger partial charge is 0.441 e. The topological polar surface area (TPSA) is 66.6 Å². The quantitative estimate of drug-likeness (QED) is 0.528. The molecule has 0 fully saturated rings. The molecule has 1 aromatic heterocycles. The average molecular weight is 410 g/mol. The van der Waals surface area contributed by atoms with Crippen LogP contribution in [0.25, 0.3) is 11.5 Å². The van der Waals surface area contributed by atoms with Gasteiger partial charge in [-0.2, -0.15) is 0 Å². The molecule has 5 nitrogen and oxygen atoms in total. The molecule has 31 heavy (non-hydrogen) atoms. The number of benzene rings is 3. The normalized spacial score (nSPS) is 17.8. The zero-order valence-electron chi connectivity index (χ0n) is 17.4. The smallest absolute Gasteiger partial charge is 0.268 e. The lowest BCUT2D eigenvalue weighted by Gasteiger charge is -2.24. The third-order valence-corrected chi connectivity index (χ3v) is 5.80. The van der Waals surface area contributed by atoms with Gasteiger partial charge < -0.3 is 14.4 Å². The molecule has 5 rings (SSSR count). The monoisotopic (exact) mass is 410 g/mol. The number of aliphatic hydroxyl groups is 1. The van der Waals surface area contributed by atoms with E-state index in [2.05, 4.69) is 4.98 Å². The lowest BCUT2D eigenvalue weighted by Crippen LogP contribution is -2.41. The van der Waals surface area contributed by atoms with Crippen molar-refractivity contribution < 1.29 is 14.3 Å². The van der Waals surface area contributed by atoms with Gasteiger partial charge in [0.25, 0.3) is 5.91 Å². The van der Waals surface area contributed by atoms with Crippen LogP contribution in [0.5, 0.6) is 0 Å². The molecular formula is C26H22N2O3. The van der Waals surface area contributed by atoms with Crippen molar-refractivity contribution in [3.05, 3.63) is 107 Å². The molecule has 0 saturated heterocycles. The van der Waals surface area contributed by atoms with E-state index in [4.69, 9.17) is 4.42 Å². The van der Waals surface area contributed by atoms with Gasteiger partial charge in [-0.15, -0.1) is 0 Å². The molecule has 1 N–H and O–H groups in total. The van der Waals surface area contributed by atoms with Crippen molar-refractivity contribution >= 4 is 11.6 Å². The fraction of sp³-hybridized carbons (Fsp3) is 0.154. The summed E-state index contributed by atoms with van der Waals surface area (Å²) in [6, 6.07) is 24.5. The molecule has 154 valence electrons. The minimum atomic E-state index is -1.73. The lowest BCUT2D eigenvalue weighted by atomic mass is 9.87. The summed E-state index contributed by atoms with van der Waals surface area (Å²) in [5, 5.41) is 11.7. The second-order valence-electron chi connectivity index (χ2n) is 7.88. The van der Waals surface area contributed by atoms with Crippen LogP contribution < -0.4 is 4.90 Å². The summed E-state index contributed by atoms with van der Waals surface area (Å²) in [7, 11) is 0. The molecule has 1 amide bonds. The minimum absolute atomic E-state index is 0.214. The number of hydrogen-bond donors (Lipinski definition) is 1. The van der Waals surface area contributed by atoms with Gasteiger partial charge in [0.1, 0.15) is 11.5 Å². The minimum Gasteiger partial charge on any atom is -0.441 e. The van der Waals surface area contributed by atoms with Gasteiger partial charge in [0.2, 0.25) is 5.89 Å². The Morgan fingerprint density at radius 2 is 1.71 bits per heavy atom. The predicted molar refractivity (Wildman–Crippen MR) is 118 cm³/mol. The summed E-state index contributed by atoms with van der Waals surface area (Å²) < 4.78 is 5.87. The first-order valence-corrected chi connectivity index (χ1v) is 10.2. The second kappa shape index (κ2) is 7.22. The van der Waals surface area contributed by atoms with Gasteiger partial charge in [-0.25, -0.2) is 4.98 Å². The number of anilines is 1. The molecule has 1 unspecified atom stereocenters. The molecule has 5 heteroatoms. The molecule has 4 aromatic rings. The van der Waals surface area contributed by atoms with Crippen LogP contribution in [0.3, 0.4) is 0 Å². The molecule has 2 heterocycles. The third-order valence-electron chi connectivity index (χ3n) is 5.80. The van der Waals surface area contributed by atoms with Crippen molar-refractivity contribution in [1.82, 2.24) is 4.98 Å². The number of oxazole rings is 1. The number of carbonyl (C=O) groups excluding carboxylic acids is 1. The summed E-state index contributed by atoms with van der Waals surface area (Å²) in [4.78, 5) is 19.8. The molecule has 0 saturated carbocycles. The highest BCUT2D eigenvalue weighted by molar-refractivity contribution is 6.09. The van der Waals surface area contributed by atoms with Crippen LogP contribution in [0.1, 0.15) is 28.1 Å². The molecule has 1 atom stereocenters. The molecule has 0 bridgehead atoms.